The highest BCUT2D eigenvalue weighted by Gasteiger charge is 2.30. The number of fused-ring (bicyclic) bond motifs is 1. The predicted octanol–water partition coefficient (Wildman–Crippen LogP) is 6.15. The van der Waals surface area contributed by atoms with Gasteiger partial charge in [0.15, 0.2) is 0 Å². The molecule has 180 valence electrons. The van der Waals surface area contributed by atoms with E-state index in [1.165, 1.54) is 17.7 Å². The summed E-state index contributed by atoms with van der Waals surface area (Å²) in [5.41, 5.74) is 4.89. The fourth-order valence-corrected chi connectivity index (χ4v) is 4.40. The Kier molecular flexibility index (Phi) is 7.57. The molecule has 0 unspecified atom stereocenters. The van der Waals surface area contributed by atoms with E-state index in [2.05, 4.69) is 41.5 Å². The van der Waals surface area contributed by atoms with Gasteiger partial charge in [0.1, 0.15) is 0 Å². The number of anilines is 2. The second-order valence-corrected chi connectivity index (χ2v) is 8.66. The van der Waals surface area contributed by atoms with E-state index in [4.69, 9.17) is 0 Å². The van der Waals surface area contributed by atoms with Crippen LogP contribution in [0.15, 0.2) is 72.8 Å². The molecular formula is C28H30N4O3. The van der Waals surface area contributed by atoms with Crippen LogP contribution in [0, 0.1) is 10.1 Å². The minimum absolute atomic E-state index is 0.0572. The molecule has 4 rings (SSSR count). The highest BCUT2D eigenvalue weighted by molar-refractivity contribution is 6.37. The van der Waals surface area contributed by atoms with Crippen molar-refractivity contribution in [3.05, 3.63) is 99.6 Å². The van der Waals surface area contributed by atoms with Gasteiger partial charge in [-0.3, -0.25) is 19.8 Å². The van der Waals surface area contributed by atoms with Crippen molar-refractivity contribution >= 4 is 34.2 Å². The minimum Gasteiger partial charge on any atom is -0.354 e. The Morgan fingerprint density at radius 1 is 0.971 bits per heavy atom. The number of nitro groups is 1. The molecule has 0 fully saturated rings. The molecule has 0 atom stereocenters. The molecule has 35 heavy (non-hydrogen) atoms. The summed E-state index contributed by atoms with van der Waals surface area (Å²) in [5.74, 6) is -0.293. The molecule has 0 spiro atoms. The summed E-state index contributed by atoms with van der Waals surface area (Å²) >= 11 is 0. The van der Waals surface area contributed by atoms with Crippen LogP contribution in [0.1, 0.15) is 43.4 Å². The number of hydrogen-bond acceptors (Lipinski definition) is 5. The number of carbonyl (C=O) groups excluding carboxylic acids is 1. The first-order chi connectivity index (χ1) is 17.0. The zero-order chi connectivity index (χ0) is 24.8. The molecule has 0 saturated carbocycles. The number of benzene rings is 3. The lowest BCUT2D eigenvalue weighted by Crippen LogP contribution is -2.24. The topological polar surface area (TPSA) is 87.5 Å². The van der Waals surface area contributed by atoms with E-state index in [-0.39, 0.29) is 11.6 Å². The van der Waals surface area contributed by atoms with Crippen molar-refractivity contribution in [2.24, 2.45) is 0 Å². The van der Waals surface area contributed by atoms with Gasteiger partial charge in [-0.05, 0) is 55.3 Å². The highest BCUT2D eigenvalue weighted by Crippen LogP contribution is 2.39. The molecule has 0 saturated heterocycles. The lowest BCUT2D eigenvalue weighted by atomic mass is 9.99. The van der Waals surface area contributed by atoms with Crippen LogP contribution < -0.4 is 10.6 Å². The number of carbonyl (C=O) groups is 1. The largest absolute Gasteiger partial charge is 0.354 e. The molecule has 0 aromatic heterocycles. The smallest absolute Gasteiger partial charge is 0.270 e. The van der Waals surface area contributed by atoms with E-state index < -0.39 is 4.92 Å². The van der Waals surface area contributed by atoms with E-state index in [0.717, 1.165) is 43.7 Å². The summed E-state index contributed by atoms with van der Waals surface area (Å²) in [4.78, 5) is 26.4. The third-order valence-corrected chi connectivity index (χ3v) is 5.98. The second kappa shape index (κ2) is 11.0. The van der Waals surface area contributed by atoms with Gasteiger partial charge in [-0.1, -0.05) is 56.3 Å². The van der Waals surface area contributed by atoms with E-state index in [0.29, 0.717) is 22.5 Å². The highest BCUT2D eigenvalue weighted by atomic mass is 16.6. The minimum atomic E-state index is -0.449. The maximum atomic E-state index is 13.0. The van der Waals surface area contributed by atoms with Crippen LogP contribution >= 0.6 is 0 Å². The van der Waals surface area contributed by atoms with Gasteiger partial charge in [0, 0.05) is 35.6 Å². The molecule has 1 aliphatic rings. The van der Waals surface area contributed by atoms with E-state index >= 15 is 0 Å². The number of nitrogens with zero attached hydrogens (tertiary/aromatic N) is 2. The van der Waals surface area contributed by atoms with Gasteiger partial charge in [-0.25, -0.2) is 0 Å². The van der Waals surface area contributed by atoms with Crippen molar-refractivity contribution in [1.29, 1.82) is 0 Å². The Hall–Kier alpha value is -3.97. The van der Waals surface area contributed by atoms with Crippen molar-refractivity contribution in [3.63, 3.8) is 0 Å². The van der Waals surface area contributed by atoms with Crippen molar-refractivity contribution in [3.8, 4) is 0 Å². The molecule has 1 amide bonds. The van der Waals surface area contributed by atoms with Crippen LogP contribution in [-0.2, 0) is 11.3 Å². The Morgan fingerprint density at radius 3 is 2.29 bits per heavy atom. The van der Waals surface area contributed by atoms with E-state index in [1.54, 1.807) is 6.07 Å². The number of rotatable bonds is 10. The molecule has 7 nitrogen and oxygen atoms in total. The summed E-state index contributed by atoms with van der Waals surface area (Å²) in [7, 11) is 0. The molecule has 7 heteroatoms. The zero-order valence-corrected chi connectivity index (χ0v) is 20.1. The molecule has 1 heterocycles. The average molecular weight is 471 g/mol. The van der Waals surface area contributed by atoms with Gasteiger partial charge >= 0.3 is 0 Å². The normalized spacial score (nSPS) is 14.0. The molecule has 3 aromatic rings. The van der Waals surface area contributed by atoms with E-state index in [9.17, 15) is 14.9 Å². The molecule has 0 radical (unpaired) electrons. The number of nitro benzene ring substituents is 1. The third kappa shape index (κ3) is 5.58. The molecule has 1 aliphatic heterocycles. The lowest BCUT2D eigenvalue weighted by Gasteiger charge is -2.21. The first-order valence-electron chi connectivity index (χ1n) is 12.0. The Morgan fingerprint density at radius 2 is 1.66 bits per heavy atom. The summed E-state index contributed by atoms with van der Waals surface area (Å²) in [5, 5.41) is 17.6. The molecule has 0 bridgehead atoms. The summed E-state index contributed by atoms with van der Waals surface area (Å²) in [6.45, 7) is 7.42. The van der Waals surface area contributed by atoms with Crippen LogP contribution in [0.3, 0.4) is 0 Å². The van der Waals surface area contributed by atoms with Crippen LogP contribution in [0.2, 0.25) is 0 Å². The third-order valence-electron chi connectivity index (χ3n) is 5.98. The standard InChI is InChI=1S/C28H30N4O3/c1-3-16-31(17-4-2)19-20-10-12-22(13-11-20)29-27(21-8-6-5-7-9-21)26-24-18-23(32(34)35)14-15-25(24)30-28(26)33/h5-15,18,29H,3-4,16-17,19H2,1-2H3,(H,30,33). The van der Waals surface area contributed by atoms with Crippen molar-refractivity contribution in [1.82, 2.24) is 4.90 Å². The second-order valence-electron chi connectivity index (χ2n) is 8.66. The van der Waals surface area contributed by atoms with Gasteiger partial charge < -0.3 is 10.6 Å². The Labute approximate surface area is 205 Å². The zero-order valence-electron chi connectivity index (χ0n) is 20.1. The number of amides is 1. The van der Waals surface area contributed by atoms with Gasteiger partial charge in [0.2, 0.25) is 0 Å². The summed E-state index contributed by atoms with van der Waals surface area (Å²) in [6.07, 6.45) is 2.24. The van der Waals surface area contributed by atoms with Gasteiger partial charge in [-0.2, -0.15) is 0 Å². The van der Waals surface area contributed by atoms with Crippen molar-refractivity contribution in [2.75, 3.05) is 23.7 Å². The average Bonchev–Trinajstić information content (AvgIpc) is 3.19. The van der Waals surface area contributed by atoms with Crippen molar-refractivity contribution in [2.45, 2.75) is 33.2 Å². The SMILES string of the molecule is CCCN(CCC)Cc1ccc(NC(=C2C(=O)Nc3ccc([N+](=O)[O-])cc32)c2ccccc2)cc1. The van der Waals surface area contributed by atoms with Crippen molar-refractivity contribution < 1.29 is 9.72 Å². The van der Waals surface area contributed by atoms with Gasteiger partial charge in [-0.15, -0.1) is 0 Å². The molecule has 2 N–H and O–H groups in total. The summed E-state index contributed by atoms with van der Waals surface area (Å²) < 4.78 is 0. The molecule has 0 aliphatic carbocycles. The number of nitrogens with one attached hydrogen (secondary N) is 2. The fourth-order valence-electron chi connectivity index (χ4n) is 4.40. The number of hydrogen-bond donors (Lipinski definition) is 2. The van der Waals surface area contributed by atoms with Crippen LogP contribution in [0.25, 0.3) is 11.3 Å². The maximum Gasteiger partial charge on any atom is 0.270 e. The quantitative estimate of drug-likeness (QED) is 0.211. The Balaban J connectivity index is 1.70. The lowest BCUT2D eigenvalue weighted by molar-refractivity contribution is -0.384. The molecule has 3 aromatic carbocycles. The maximum absolute atomic E-state index is 13.0. The number of non-ortho nitro benzene ring substituents is 1. The first kappa shape index (κ1) is 24.2. The van der Waals surface area contributed by atoms with E-state index in [1.807, 2.05) is 42.5 Å². The van der Waals surface area contributed by atoms with Gasteiger partial charge in [0.25, 0.3) is 11.6 Å². The first-order valence-corrected chi connectivity index (χ1v) is 12.0. The van der Waals surface area contributed by atoms with Gasteiger partial charge in [0.05, 0.1) is 16.2 Å². The van der Waals surface area contributed by atoms with Crippen LogP contribution in [-0.4, -0.2) is 28.8 Å². The summed E-state index contributed by atoms with van der Waals surface area (Å²) in [6, 6.07) is 22.2. The predicted molar refractivity (Wildman–Crippen MR) is 141 cm³/mol. The fraction of sp³-hybridized carbons (Fsp3) is 0.250. The van der Waals surface area contributed by atoms with Crippen LogP contribution in [0.5, 0.6) is 0 Å². The monoisotopic (exact) mass is 470 g/mol. The molecular weight excluding hydrogens is 440 g/mol. The Bertz CT molecular complexity index is 1230. The van der Waals surface area contributed by atoms with Crippen LogP contribution in [0.4, 0.5) is 17.1 Å².